The molecule has 1 saturated carbocycles. The van der Waals surface area contributed by atoms with Crippen LogP contribution in [-0.4, -0.2) is 61.7 Å². The number of carboxylic acid groups (broad SMARTS) is 1. The van der Waals surface area contributed by atoms with Crippen molar-refractivity contribution in [1.82, 2.24) is 10.2 Å². The number of thioether (sulfide) groups is 1. The lowest BCUT2D eigenvalue weighted by Crippen LogP contribution is -2.72. The molecular formula is C25H42N2O5S. The van der Waals surface area contributed by atoms with Crippen molar-refractivity contribution in [3.05, 3.63) is 0 Å². The third-order valence-corrected chi connectivity index (χ3v) is 9.39. The Morgan fingerprint density at radius 2 is 2.00 bits per heavy atom. The normalized spacial score (nSPS) is 35.0. The van der Waals surface area contributed by atoms with Crippen molar-refractivity contribution in [2.24, 2.45) is 17.8 Å². The number of nitrogens with zero attached hydrogens (tertiary/aromatic N) is 1. The zero-order valence-corrected chi connectivity index (χ0v) is 22.0. The fraction of sp³-hybridized carbons (Fsp3) is 0.880. The Hall–Kier alpha value is -1.28. The molecule has 2 aliphatic heterocycles. The number of carbonyl (C=O) groups excluding carboxylic acids is 2. The van der Waals surface area contributed by atoms with Gasteiger partial charge in [0.1, 0.15) is 23.1 Å². The molecule has 1 aliphatic carbocycles. The minimum absolute atomic E-state index is 0.0196. The Morgan fingerprint density at radius 3 is 2.58 bits per heavy atom. The molecule has 0 aromatic carbocycles. The largest absolute Gasteiger partial charge is 0.480 e. The predicted molar refractivity (Wildman–Crippen MR) is 130 cm³/mol. The predicted octanol–water partition coefficient (Wildman–Crippen LogP) is 4.04. The maximum absolute atomic E-state index is 13.6. The van der Waals surface area contributed by atoms with Gasteiger partial charge in [-0.15, -0.1) is 11.8 Å². The Morgan fingerprint density at radius 1 is 1.33 bits per heavy atom. The lowest BCUT2D eigenvalue weighted by molar-refractivity contribution is -0.172. The summed E-state index contributed by atoms with van der Waals surface area (Å²) in [6.45, 7) is 14.3. The van der Waals surface area contributed by atoms with E-state index in [0.717, 1.165) is 25.7 Å². The molecule has 3 aliphatic rings. The second-order valence-corrected chi connectivity index (χ2v) is 13.1. The number of carbonyl (C=O) groups is 3. The summed E-state index contributed by atoms with van der Waals surface area (Å²) >= 11 is 1.45. The smallest absolute Gasteiger partial charge is 0.327 e. The van der Waals surface area contributed by atoms with Crippen molar-refractivity contribution >= 4 is 29.5 Å². The zero-order chi connectivity index (χ0) is 24.7. The highest BCUT2D eigenvalue weighted by atomic mass is 32.2. The van der Waals surface area contributed by atoms with Crippen LogP contribution in [0.5, 0.6) is 0 Å². The summed E-state index contributed by atoms with van der Waals surface area (Å²) < 4.78 is 6.05. The van der Waals surface area contributed by atoms with E-state index in [9.17, 15) is 19.5 Å². The van der Waals surface area contributed by atoms with Crippen LogP contribution in [0.15, 0.2) is 0 Å². The van der Waals surface area contributed by atoms with E-state index in [1.807, 2.05) is 20.8 Å². The summed E-state index contributed by atoms with van der Waals surface area (Å²) in [5, 5.41) is 12.2. The van der Waals surface area contributed by atoms with Crippen LogP contribution >= 0.6 is 11.8 Å². The summed E-state index contributed by atoms with van der Waals surface area (Å²) in [6, 6.07) is -1.59. The Balaban J connectivity index is 1.76. The molecule has 2 heterocycles. The lowest BCUT2D eigenvalue weighted by atomic mass is 9.75. The second kappa shape index (κ2) is 9.76. The van der Waals surface area contributed by atoms with Crippen LogP contribution in [0.2, 0.25) is 0 Å². The highest BCUT2D eigenvalue weighted by molar-refractivity contribution is 8.01. The molecule has 7 nitrogen and oxygen atoms in total. The van der Waals surface area contributed by atoms with Crippen LogP contribution < -0.4 is 5.32 Å². The average molecular weight is 483 g/mol. The minimum atomic E-state index is -1.02. The van der Waals surface area contributed by atoms with Crippen LogP contribution in [-0.2, 0) is 19.1 Å². The summed E-state index contributed by atoms with van der Waals surface area (Å²) in [7, 11) is 0. The van der Waals surface area contributed by atoms with Gasteiger partial charge in [-0.25, -0.2) is 4.79 Å². The molecule has 0 bridgehead atoms. The van der Waals surface area contributed by atoms with Crippen molar-refractivity contribution in [2.75, 3.05) is 0 Å². The number of rotatable bonds is 9. The first-order chi connectivity index (χ1) is 15.3. The van der Waals surface area contributed by atoms with E-state index in [2.05, 4.69) is 33.0 Å². The quantitative estimate of drug-likeness (QED) is 0.482. The lowest BCUT2D eigenvalue weighted by Gasteiger charge is -2.46. The van der Waals surface area contributed by atoms with E-state index in [1.54, 1.807) is 0 Å². The molecule has 0 spiro atoms. The number of hydrogen-bond acceptors (Lipinski definition) is 5. The van der Waals surface area contributed by atoms with E-state index in [4.69, 9.17) is 4.74 Å². The summed E-state index contributed by atoms with van der Waals surface area (Å²) in [5.74, 6) is -0.119. The van der Waals surface area contributed by atoms with Crippen LogP contribution in [0.1, 0.15) is 87.0 Å². The highest BCUT2D eigenvalue weighted by Gasteiger charge is 2.64. The molecule has 2 saturated heterocycles. The Labute approximate surface area is 202 Å². The Kier molecular flexibility index (Phi) is 7.79. The van der Waals surface area contributed by atoms with Gasteiger partial charge in [-0.05, 0) is 57.8 Å². The van der Waals surface area contributed by atoms with Gasteiger partial charge in [-0.3, -0.25) is 9.59 Å². The number of carboxylic acids is 1. The number of β-lactam (4-membered cyclic amide) rings is 1. The molecule has 7 atom stereocenters. The first kappa shape index (κ1) is 26.3. The van der Waals surface area contributed by atoms with Gasteiger partial charge in [0, 0.05) is 4.75 Å². The summed E-state index contributed by atoms with van der Waals surface area (Å²) in [5.41, 5.74) is -1.02. The molecule has 3 rings (SSSR count). The second-order valence-electron chi connectivity index (χ2n) is 11.4. The zero-order valence-electron chi connectivity index (χ0n) is 21.2. The molecule has 3 fully saturated rings. The number of ether oxygens (including phenoxy) is 1. The molecule has 188 valence electrons. The fourth-order valence-corrected chi connectivity index (χ4v) is 7.39. The van der Waals surface area contributed by atoms with Crippen LogP contribution in [0, 0.1) is 17.8 Å². The molecular weight excluding hydrogens is 440 g/mol. The SMILES string of the molecule is CCCC[C@@](C)(O[C@@H]1C[C@@H](C)CC[C@@H]1C(C)C)C(=O)N[C@H]1C(=O)N2[C@@H]1SC(C)(C)[C@@H]2C(=O)O. The van der Waals surface area contributed by atoms with Crippen molar-refractivity contribution in [3.63, 3.8) is 0 Å². The minimum Gasteiger partial charge on any atom is -0.480 e. The molecule has 2 N–H and O–H groups in total. The number of fused-ring (bicyclic) bond motifs is 1. The number of unbranched alkanes of at least 4 members (excludes halogenated alkanes) is 1. The van der Waals surface area contributed by atoms with Gasteiger partial charge in [0.05, 0.1) is 6.10 Å². The first-order valence-electron chi connectivity index (χ1n) is 12.5. The third-order valence-electron chi connectivity index (χ3n) is 7.82. The topological polar surface area (TPSA) is 95.9 Å². The van der Waals surface area contributed by atoms with Crippen LogP contribution in [0.3, 0.4) is 0 Å². The van der Waals surface area contributed by atoms with Gasteiger partial charge in [0.15, 0.2) is 0 Å². The third kappa shape index (κ3) is 5.07. The maximum atomic E-state index is 13.6. The monoisotopic (exact) mass is 482 g/mol. The molecule has 0 aromatic rings. The van der Waals surface area contributed by atoms with E-state index in [0.29, 0.717) is 24.2 Å². The number of nitrogens with one attached hydrogen (secondary N) is 1. The van der Waals surface area contributed by atoms with Crippen LogP contribution in [0.4, 0.5) is 0 Å². The molecule has 0 radical (unpaired) electrons. The molecule has 8 heteroatoms. The summed E-state index contributed by atoms with van der Waals surface area (Å²) in [6.07, 6.45) is 5.66. The average Bonchev–Trinajstić information content (AvgIpc) is 2.98. The number of aliphatic carboxylic acids is 1. The Bertz CT molecular complexity index is 772. The van der Waals surface area contributed by atoms with Gasteiger partial charge in [-0.2, -0.15) is 0 Å². The van der Waals surface area contributed by atoms with Crippen molar-refractivity contribution < 1.29 is 24.2 Å². The molecule has 33 heavy (non-hydrogen) atoms. The van der Waals surface area contributed by atoms with Crippen molar-refractivity contribution in [1.29, 1.82) is 0 Å². The van der Waals surface area contributed by atoms with E-state index in [-0.39, 0.29) is 23.3 Å². The summed E-state index contributed by atoms with van der Waals surface area (Å²) in [4.78, 5) is 39.7. The molecule has 0 unspecified atom stereocenters. The number of amides is 2. The molecule has 0 aromatic heterocycles. The number of hydrogen-bond donors (Lipinski definition) is 2. The van der Waals surface area contributed by atoms with E-state index >= 15 is 0 Å². The van der Waals surface area contributed by atoms with Gasteiger partial charge < -0.3 is 20.1 Å². The van der Waals surface area contributed by atoms with E-state index in [1.165, 1.54) is 23.1 Å². The fourth-order valence-electron chi connectivity index (χ4n) is 5.76. The van der Waals surface area contributed by atoms with Gasteiger partial charge in [-0.1, -0.05) is 47.0 Å². The molecule has 2 amide bonds. The van der Waals surface area contributed by atoms with Crippen molar-refractivity contribution in [3.8, 4) is 0 Å². The van der Waals surface area contributed by atoms with Gasteiger partial charge in [0.2, 0.25) is 5.91 Å². The standard InChI is InChI=1S/C25H42N2O5S/c1-8-9-12-25(7,32-17-13-15(4)10-11-16(17)14(2)3)23(31)26-18-20(28)27-19(22(29)30)24(5,6)33-21(18)27/h14-19,21H,8-13H2,1-7H3,(H,26,31)(H,29,30)/t15-,16+,17+,18-,19-,21+,25+/m0/s1. The van der Waals surface area contributed by atoms with E-state index < -0.39 is 28.4 Å². The first-order valence-corrected chi connectivity index (χ1v) is 13.4. The van der Waals surface area contributed by atoms with Gasteiger partial charge in [0.25, 0.3) is 5.91 Å². The van der Waals surface area contributed by atoms with Gasteiger partial charge >= 0.3 is 5.97 Å². The maximum Gasteiger partial charge on any atom is 0.327 e. The van der Waals surface area contributed by atoms with Crippen molar-refractivity contribution in [2.45, 2.75) is 121 Å². The highest BCUT2D eigenvalue weighted by Crippen LogP contribution is 2.51. The van der Waals surface area contributed by atoms with Crippen LogP contribution in [0.25, 0.3) is 0 Å².